The summed E-state index contributed by atoms with van der Waals surface area (Å²) in [7, 11) is 0. The summed E-state index contributed by atoms with van der Waals surface area (Å²) in [6.07, 6.45) is 6.20. The molecule has 3 heteroatoms. The van der Waals surface area contributed by atoms with Gasteiger partial charge in [-0.1, -0.05) is 5.92 Å². The summed E-state index contributed by atoms with van der Waals surface area (Å²) in [6, 6.07) is 0. The van der Waals surface area contributed by atoms with Crippen LogP contribution in [0.2, 0.25) is 0 Å². The van der Waals surface area contributed by atoms with Crippen LogP contribution in [0.15, 0.2) is 0 Å². The smallest absolute Gasteiger partial charge is 0.248 e. The van der Waals surface area contributed by atoms with Crippen LogP contribution in [0.5, 0.6) is 0 Å². The number of rotatable bonds is 1. The summed E-state index contributed by atoms with van der Waals surface area (Å²) in [5.41, 5.74) is 2.93. The fourth-order valence-electron chi connectivity index (χ4n) is 0.926. The molecular weight excluding hydrogens is 128 g/mol. The van der Waals surface area contributed by atoms with Gasteiger partial charge in [-0.05, 0) is 6.42 Å². The zero-order valence-electron chi connectivity index (χ0n) is 5.76. The Morgan fingerprint density at radius 3 is 3.10 bits per heavy atom. The Morgan fingerprint density at radius 2 is 2.60 bits per heavy atom. The molecule has 1 aliphatic heterocycles. The molecule has 1 N–H and O–H groups in total. The van der Waals surface area contributed by atoms with Gasteiger partial charge in [0.2, 0.25) is 5.91 Å². The first-order valence-electron chi connectivity index (χ1n) is 3.32. The highest BCUT2D eigenvalue weighted by Crippen LogP contribution is 1.97. The van der Waals surface area contributed by atoms with E-state index < -0.39 is 0 Å². The van der Waals surface area contributed by atoms with Crippen LogP contribution in [0, 0.1) is 12.3 Å². The van der Waals surface area contributed by atoms with Crippen LogP contribution in [0.25, 0.3) is 0 Å². The quantitative estimate of drug-likeness (QED) is 0.507. The first kappa shape index (κ1) is 7.10. The Bertz CT molecular complexity index is 165. The van der Waals surface area contributed by atoms with Crippen molar-refractivity contribution >= 4 is 5.91 Å². The second kappa shape index (κ2) is 3.23. The summed E-state index contributed by atoms with van der Waals surface area (Å²) in [5, 5.41) is 1.58. The van der Waals surface area contributed by atoms with Gasteiger partial charge in [-0.2, -0.15) is 0 Å². The van der Waals surface area contributed by atoms with E-state index in [1.807, 2.05) is 0 Å². The van der Waals surface area contributed by atoms with Crippen molar-refractivity contribution in [2.45, 2.75) is 12.8 Å². The highest BCUT2D eigenvalue weighted by Gasteiger charge is 2.15. The third-order valence-corrected chi connectivity index (χ3v) is 1.42. The standard InChI is InChI=1S/C7H10N2O/c1-2-4-7(10)9-6-3-5-8-9/h1,8H,3-6H2. The van der Waals surface area contributed by atoms with E-state index in [1.54, 1.807) is 5.01 Å². The number of hydrogen-bond donors (Lipinski definition) is 1. The van der Waals surface area contributed by atoms with Crippen molar-refractivity contribution in [3.63, 3.8) is 0 Å². The monoisotopic (exact) mass is 138 g/mol. The van der Waals surface area contributed by atoms with Crippen molar-refractivity contribution in [2.75, 3.05) is 13.1 Å². The fraction of sp³-hybridized carbons (Fsp3) is 0.571. The Hall–Kier alpha value is -1.01. The predicted molar refractivity (Wildman–Crippen MR) is 37.8 cm³/mol. The molecule has 1 fully saturated rings. The van der Waals surface area contributed by atoms with Gasteiger partial charge in [-0.3, -0.25) is 9.80 Å². The zero-order chi connectivity index (χ0) is 7.40. The van der Waals surface area contributed by atoms with E-state index in [4.69, 9.17) is 6.42 Å². The highest BCUT2D eigenvalue weighted by atomic mass is 16.2. The second-order valence-corrected chi connectivity index (χ2v) is 2.19. The molecule has 10 heavy (non-hydrogen) atoms. The minimum absolute atomic E-state index is 0.000000000000000444. The third kappa shape index (κ3) is 1.49. The number of hydrazine groups is 1. The van der Waals surface area contributed by atoms with Gasteiger partial charge in [-0.15, -0.1) is 6.42 Å². The molecule has 54 valence electrons. The lowest BCUT2D eigenvalue weighted by atomic mass is 10.4. The average Bonchev–Trinajstić information content (AvgIpc) is 2.38. The van der Waals surface area contributed by atoms with Gasteiger partial charge in [0.15, 0.2) is 0 Å². The minimum atomic E-state index is 0.000000000000000444. The molecule has 1 amide bonds. The van der Waals surface area contributed by atoms with Crippen molar-refractivity contribution in [1.82, 2.24) is 10.4 Å². The van der Waals surface area contributed by atoms with Crippen molar-refractivity contribution < 1.29 is 4.79 Å². The Kier molecular flexibility index (Phi) is 2.30. The summed E-state index contributed by atoms with van der Waals surface area (Å²) < 4.78 is 0. The average molecular weight is 138 g/mol. The van der Waals surface area contributed by atoms with Gasteiger partial charge in [0.1, 0.15) is 0 Å². The summed E-state index contributed by atoms with van der Waals surface area (Å²) in [4.78, 5) is 11.0. The normalized spacial score (nSPS) is 16.9. The maximum Gasteiger partial charge on any atom is 0.248 e. The second-order valence-electron chi connectivity index (χ2n) is 2.19. The van der Waals surface area contributed by atoms with Gasteiger partial charge >= 0.3 is 0 Å². The SMILES string of the molecule is C#CCC(=O)N1CCCN1. The Balaban J connectivity index is 2.34. The van der Waals surface area contributed by atoms with Crippen LogP contribution in [-0.4, -0.2) is 24.0 Å². The zero-order valence-corrected chi connectivity index (χ0v) is 5.76. The number of terminal acetylenes is 1. The number of nitrogens with one attached hydrogen (secondary N) is 1. The molecule has 0 aromatic heterocycles. The summed E-state index contributed by atoms with van der Waals surface area (Å²) in [5.74, 6) is 2.31. The van der Waals surface area contributed by atoms with Crippen LogP contribution >= 0.6 is 0 Å². The lowest BCUT2D eigenvalue weighted by Crippen LogP contribution is -2.36. The molecule has 1 rings (SSSR count). The van der Waals surface area contributed by atoms with Crippen LogP contribution in [0.1, 0.15) is 12.8 Å². The molecule has 1 saturated heterocycles. The lowest BCUT2D eigenvalue weighted by Gasteiger charge is -2.12. The van der Waals surface area contributed by atoms with E-state index in [-0.39, 0.29) is 12.3 Å². The van der Waals surface area contributed by atoms with E-state index >= 15 is 0 Å². The fourth-order valence-corrected chi connectivity index (χ4v) is 0.926. The molecule has 0 radical (unpaired) electrons. The molecule has 0 aliphatic carbocycles. The molecule has 0 bridgehead atoms. The first-order valence-corrected chi connectivity index (χ1v) is 3.32. The lowest BCUT2D eigenvalue weighted by molar-refractivity contribution is -0.131. The molecule has 0 spiro atoms. The third-order valence-electron chi connectivity index (χ3n) is 1.42. The van der Waals surface area contributed by atoms with Crippen molar-refractivity contribution in [1.29, 1.82) is 0 Å². The van der Waals surface area contributed by atoms with E-state index in [1.165, 1.54) is 0 Å². The summed E-state index contributed by atoms with van der Waals surface area (Å²) in [6.45, 7) is 1.68. The number of amides is 1. The van der Waals surface area contributed by atoms with Crippen LogP contribution in [0.3, 0.4) is 0 Å². The van der Waals surface area contributed by atoms with Gasteiger partial charge in [0, 0.05) is 13.1 Å². The van der Waals surface area contributed by atoms with Gasteiger partial charge in [0.25, 0.3) is 0 Å². The molecule has 0 unspecified atom stereocenters. The van der Waals surface area contributed by atoms with Crippen molar-refractivity contribution in [3.05, 3.63) is 0 Å². The molecule has 1 aliphatic rings. The van der Waals surface area contributed by atoms with Gasteiger partial charge < -0.3 is 0 Å². The molecule has 0 aromatic rings. The molecule has 0 saturated carbocycles. The summed E-state index contributed by atoms with van der Waals surface area (Å²) >= 11 is 0. The predicted octanol–water partition coefficient (Wildman–Crippen LogP) is -0.253. The number of carbonyl (C=O) groups is 1. The molecule has 0 atom stereocenters. The first-order chi connectivity index (χ1) is 4.84. The molecule has 1 heterocycles. The molecule has 3 nitrogen and oxygen atoms in total. The van der Waals surface area contributed by atoms with Gasteiger partial charge in [0.05, 0.1) is 6.42 Å². The molecule has 0 aromatic carbocycles. The van der Waals surface area contributed by atoms with Crippen molar-refractivity contribution in [3.8, 4) is 12.3 Å². The Labute approximate surface area is 60.4 Å². The maximum atomic E-state index is 11.0. The van der Waals surface area contributed by atoms with E-state index in [0.717, 1.165) is 19.5 Å². The largest absolute Gasteiger partial charge is 0.277 e. The number of nitrogens with zero attached hydrogens (tertiary/aromatic N) is 1. The maximum absolute atomic E-state index is 11.0. The van der Waals surface area contributed by atoms with E-state index in [2.05, 4.69) is 11.3 Å². The Morgan fingerprint density at radius 1 is 1.80 bits per heavy atom. The van der Waals surface area contributed by atoms with E-state index in [0.29, 0.717) is 0 Å². The number of carbonyl (C=O) groups excluding carboxylic acids is 1. The van der Waals surface area contributed by atoms with E-state index in [9.17, 15) is 4.79 Å². The number of hydrogen-bond acceptors (Lipinski definition) is 2. The minimum Gasteiger partial charge on any atom is -0.277 e. The van der Waals surface area contributed by atoms with Crippen LogP contribution in [0.4, 0.5) is 0 Å². The van der Waals surface area contributed by atoms with Crippen molar-refractivity contribution in [2.24, 2.45) is 0 Å². The molecular formula is C7H10N2O. The topological polar surface area (TPSA) is 32.3 Å². The van der Waals surface area contributed by atoms with Gasteiger partial charge in [-0.25, -0.2) is 5.43 Å². The van der Waals surface area contributed by atoms with Crippen LogP contribution < -0.4 is 5.43 Å². The van der Waals surface area contributed by atoms with Crippen LogP contribution in [-0.2, 0) is 4.79 Å². The highest BCUT2D eigenvalue weighted by molar-refractivity contribution is 5.78.